The Balaban J connectivity index is 2.10. The maximum atomic E-state index is 11.0. The average Bonchev–Trinajstić information content (AvgIpc) is 2.35. The predicted molar refractivity (Wildman–Crippen MR) is 70.0 cm³/mol. The number of hydrogen-bond donors (Lipinski definition) is 1. The van der Waals surface area contributed by atoms with E-state index in [1.165, 1.54) is 0 Å². The van der Waals surface area contributed by atoms with Crippen LogP contribution in [0.15, 0.2) is 0 Å². The van der Waals surface area contributed by atoms with Gasteiger partial charge in [0.05, 0.1) is 18.8 Å². The van der Waals surface area contributed by atoms with Gasteiger partial charge in [0, 0.05) is 39.1 Å². The minimum Gasteiger partial charge on any atom is -0.464 e. The lowest BCUT2D eigenvalue weighted by atomic mass is 9.94. The largest absolute Gasteiger partial charge is 0.464 e. The van der Waals surface area contributed by atoms with E-state index >= 15 is 0 Å². The smallest absolute Gasteiger partial charge is 0.332 e. The van der Waals surface area contributed by atoms with Crippen LogP contribution in [0.3, 0.4) is 0 Å². The second-order valence-corrected chi connectivity index (χ2v) is 4.93. The van der Waals surface area contributed by atoms with E-state index in [-0.39, 0.29) is 12.6 Å². The van der Waals surface area contributed by atoms with Gasteiger partial charge in [0.1, 0.15) is 6.61 Å². The standard InChI is InChI=1S/C13H25NO5/c1-3-19-12(15)10-18-9-6-14(2)11-13(16)4-7-17-8-5-13/h16H,3-11H2,1-2H3. The Hall–Kier alpha value is -0.690. The molecule has 0 aromatic carbocycles. The van der Waals surface area contributed by atoms with Gasteiger partial charge in [-0.25, -0.2) is 4.79 Å². The number of hydrogen-bond acceptors (Lipinski definition) is 6. The molecule has 0 bridgehead atoms. The highest BCUT2D eigenvalue weighted by molar-refractivity contribution is 5.70. The first-order chi connectivity index (χ1) is 9.06. The van der Waals surface area contributed by atoms with E-state index in [0.29, 0.717) is 52.4 Å². The third-order valence-corrected chi connectivity index (χ3v) is 3.13. The summed E-state index contributed by atoms with van der Waals surface area (Å²) in [6.07, 6.45) is 1.34. The van der Waals surface area contributed by atoms with E-state index < -0.39 is 5.60 Å². The molecule has 0 spiro atoms. The number of ether oxygens (including phenoxy) is 3. The molecule has 1 N–H and O–H groups in total. The van der Waals surface area contributed by atoms with E-state index in [1.807, 2.05) is 11.9 Å². The molecule has 0 aromatic rings. The topological polar surface area (TPSA) is 68.2 Å². The van der Waals surface area contributed by atoms with Gasteiger partial charge in [-0.15, -0.1) is 0 Å². The van der Waals surface area contributed by atoms with Crippen LogP contribution in [-0.2, 0) is 19.0 Å². The molecule has 112 valence electrons. The highest BCUT2D eigenvalue weighted by atomic mass is 16.6. The second-order valence-electron chi connectivity index (χ2n) is 4.93. The summed E-state index contributed by atoms with van der Waals surface area (Å²) in [5.41, 5.74) is -0.659. The van der Waals surface area contributed by atoms with Crippen LogP contribution in [0.4, 0.5) is 0 Å². The lowest BCUT2D eigenvalue weighted by Gasteiger charge is -2.35. The number of carbonyl (C=O) groups excluding carboxylic acids is 1. The fraction of sp³-hybridized carbons (Fsp3) is 0.923. The molecule has 1 rings (SSSR count). The molecular weight excluding hydrogens is 250 g/mol. The number of likely N-dealkylation sites (N-methyl/N-ethyl adjacent to an activating group) is 1. The van der Waals surface area contributed by atoms with Gasteiger partial charge in [0.25, 0.3) is 0 Å². The van der Waals surface area contributed by atoms with E-state index in [1.54, 1.807) is 6.92 Å². The van der Waals surface area contributed by atoms with Crippen molar-refractivity contribution in [3.05, 3.63) is 0 Å². The third kappa shape index (κ3) is 6.87. The molecule has 0 aliphatic carbocycles. The Morgan fingerprint density at radius 1 is 1.42 bits per heavy atom. The lowest BCUT2D eigenvalue weighted by molar-refractivity contribution is -0.148. The Labute approximate surface area is 114 Å². The summed E-state index contributed by atoms with van der Waals surface area (Å²) >= 11 is 0. The summed E-state index contributed by atoms with van der Waals surface area (Å²) in [6.45, 7) is 5.06. The van der Waals surface area contributed by atoms with Crippen molar-refractivity contribution in [3.63, 3.8) is 0 Å². The SMILES string of the molecule is CCOC(=O)COCCN(C)CC1(O)CCOCC1. The minimum atomic E-state index is -0.659. The third-order valence-electron chi connectivity index (χ3n) is 3.13. The van der Waals surface area contributed by atoms with Crippen molar-refractivity contribution >= 4 is 5.97 Å². The molecule has 1 aliphatic heterocycles. The molecule has 1 saturated heterocycles. The van der Waals surface area contributed by atoms with Crippen LogP contribution in [0.5, 0.6) is 0 Å². The molecular formula is C13H25NO5. The number of carbonyl (C=O) groups is 1. The molecule has 0 aromatic heterocycles. The molecule has 0 atom stereocenters. The van der Waals surface area contributed by atoms with Crippen molar-refractivity contribution < 1.29 is 24.1 Å². The van der Waals surface area contributed by atoms with Gasteiger partial charge in [-0.3, -0.25) is 0 Å². The number of aliphatic hydroxyl groups is 1. The van der Waals surface area contributed by atoms with E-state index in [2.05, 4.69) is 0 Å². The zero-order valence-corrected chi connectivity index (χ0v) is 11.9. The molecule has 0 saturated carbocycles. The van der Waals surface area contributed by atoms with Crippen molar-refractivity contribution in [2.45, 2.75) is 25.4 Å². The molecule has 1 heterocycles. The van der Waals surface area contributed by atoms with Gasteiger partial charge < -0.3 is 24.2 Å². The van der Waals surface area contributed by atoms with Crippen molar-refractivity contribution in [3.8, 4) is 0 Å². The molecule has 0 radical (unpaired) electrons. The summed E-state index contributed by atoms with van der Waals surface area (Å²) < 4.78 is 15.2. The highest BCUT2D eigenvalue weighted by Crippen LogP contribution is 2.20. The van der Waals surface area contributed by atoms with Crippen LogP contribution >= 0.6 is 0 Å². The highest BCUT2D eigenvalue weighted by Gasteiger charge is 2.30. The molecule has 19 heavy (non-hydrogen) atoms. The fourth-order valence-electron chi connectivity index (χ4n) is 2.07. The van der Waals surface area contributed by atoms with Crippen molar-refractivity contribution in [2.75, 3.05) is 53.2 Å². The molecule has 6 nitrogen and oxygen atoms in total. The van der Waals surface area contributed by atoms with Crippen molar-refractivity contribution in [1.29, 1.82) is 0 Å². The monoisotopic (exact) mass is 275 g/mol. The normalized spacial score (nSPS) is 18.5. The average molecular weight is 275 g/mol. The van der Waals surface area contributed by atoms with Crippen LogP contribution in [0.2, 0.25) is 0 Å². The first kappa shape index (κ1) is 16.4. The predicted octanol–water partition coefficient (Wildman–Crippen LogP) is 0.0394. The Bertz CT molecular complexity index is 266. The van der Waals surface area contributed by atoms with E-state index in [9.17, 15) is 9.90 Å². The van der Waals surface area contributed by atoms with E-state index in [0.717, 1.165) is 0 Å². The van der Waals surface area contributed by atoms with Crippen molar-refractivity contribution in [1.82, 2.24) is 4.90 Å². The Kier molecular flexibility index (Phi) is 7.30. The number of esters is 1. The summed E-state index contributed by atoms with van der Waals surface area (Å²) in [6, 6.07) is 0. The number of nitrogens with zero attached hydrogens (tertiary/aromatic N) is 1. The van der Waals surface area contributed by atoms with E-state index in [4.69, 9.17) is 14.2 Å². The molecule has 0 unspecified atom stereocenters. The van der Waals surface area contributed by atoms with Crippen molar-refractivity contribution in [2.24, 2.45) is 0 Å². The van der Waals surface area contributed by atoms with Gasteiger partial charge in [-0.1, -0.05) is 0 Å². The van der Waals surface area contributed by atoms with Gasteiger partial charge in [-0.05, 0) is 14.0 Å². The summed E-state index contributed by atoms with van der Waals surface area (Å²) in [4.78, 5) is 13.1. The quantitative estimate of drug-likeness (QED) is 0.498. The zero-order chi connectivity index (χ0) is 14.1. The Morgan fingerprint density at radius 2 is 2.11 bits per heavy atom. The van der Waals surface area contributed by atoms with Crippen LogP contribution < -0.4 is 0 Å². The Morgan fingerprint density at radius 3 is 2.74 bits per heavy atom. The molecule has 6 heteroatoms. The van der Waals surface area contributed by atoms with Gasteiger partial charge in [0.2, 0.25) is 0 Å². The molecule has 1 aliphatic rings. The molecule has 0 amide bonds. The first-order valence-corrected chi connectivity index (χ1v) is 6.78. The van der Waals surface area contributed by atoms with Crippen LogP contribution in [0.1, 0.15) is 19.8 Å². The lowest BCUT2D eigenvalue weighted by Crippen LogP contribution is -2.46. The van der Waals surface area contributed by atoms with Gasteiger partial charge in [-0.2, -0.15) is 0 Å². The van der Waals surface area contributed by atoms with Crippen LogP contribution in [-0.4, -0.2) is 74.7 Å². The number of rotatable bonds is 8. The second kappa shape index (κ2) is 8.47. The van der Waals surface area contributed by atoms with Gasteiger partial charge >= 0.3 is 5.97 Å². The van der Waals surface area contributed by atoms with Crippen LogP contribution in [0.25, 0.3) is 0 Å². The summed E-state index contributed by atoms with van der Waals surface area (Å²) in [5, 5.41) is 10.3. The summed E-state index contributed by atoms with van der Waals surface area (Å²) in [7, 11) is 1.93. The maximum absolute atomic E-state index is 11.0. The van der Waals surface area contributed by atoms with Crippen LogP contribution in [0, 0.1) is 0 Å². The zero-order valence-electron chi connectivity index (χ0n) is 11.9. The van der Waals surface area contributed by atoms with Gasteiger partial charge in [0.15, 0.2) is 0 Å². The summed E-state index contributed by atoms with van der Waals surface area (Å²) in [5.74, 6) is -0.340. The minimum absolute atomic E-state index is 0.0141. The molecule has 1 fully saturated rings. The fourth-order valence-corrected chi connectivity index (χ4v) is 2.07. The first-order valence-electron chi connectivity index (χ1n) is 6.78. The maximum Gasteiger partial charge on any atom is 0.332 e.